The Balaban J connectivity index is 2.19. The normalized spacial score (nSPS) is 17.8. The van der Waals surface area contributed by atoms with Gasteiger partial charge in [-0.2, -0.15) is 0 Å². The van der Waals surface area contributed by atoms with Crippen molar-refractivity contribution >= 4 is 0 Å². The fourth-order valence-corrected chi connectivity index (χ4v) is 1.64. The van der Waals surface area contributed by atoms with Crippen molar-refractivity contribution in [2.45, 2.75) is 39.5 Å². The molecule has 0 bridgehead atoms. The summed E-state index contributed by atoms with van der Waals surface area (Å²) in [7, 11) is 0. The summed E-state index contributed by atoms with van der Waals surface area (Å²) in [5.41, 5.74) is 0.134. The van der Waals surface area contributed by atoms with Crippen molar-refractivity contribution in [2.75, 3.05) is 19.7 Å². The van der Waals surface area contributed by atoms with Gasteiger partial charge in [-0.3, -0.25) is 0 Å². The molecule has 0 atom stereocenters. The van der Waals surface area contributed by atoms with Gasteiger partial charge < -0.3 is 10.4 Å². The minimum atomic E-state index is 0.134. The highest BCUT2D eigenvalue weighted by Crippen LogP contribution is 2.29. The van der Waals surface area contributed by atoms with E-state index < -0.39 is 0 Å². The lowest BCUT2D eigenvalue weighted by Gasteiger charge is -2.29. The molecule has 1 rings (SSSR count). The Hall–Kier alpha value is -0.0800. The van der Waals surface area contributed by atoms with E-state index in [0.717, 1.165) is 31.8 Å². The van der Waals surface area contributed by atoms with Gasteiger partial charge in [0.25, 0.3) is 0 Å². The first-order valence-electron chi connectivity index (χ1n) is 5.58. The fourth-order valence-electron chi connectivity index (χ4n) is 1.64. The number of hydrogen-bond acceptors (Lipinski definition) is 2. The van der Waals surface area contributed by atoms with Crippen molar-refractivity contribution in [2.24, 2.45) is 11.3 Å². The molecular formula is C11H23NO. The van der Waals surface area contributed by atoms with Crippen LogP contribution >= 0.6 is 0 Å². The van der Waals surface area contributed by atoms with Gasteiger partial charge in [0, 0.05) is 18.6 Å². The third kappa shape index (κ3) is 3.28. The molecule has 2 nitrogen and oxygen atoms in total. The molecule has 13 heavy (non-hydrogen) atoms. The van der Waals surface area contributed by atoms with Crippen LogP contribution in [0.3, 0.4) is 0 Å². The molecule has 1 aliphatic carbocycles. The van der Waals surface area contributed by atoms with Gasteiger partial charge >= 0.3 is 0 Å². The zero-order valence-corrected chi connectivity index (χ0v) is 8.97. The Morgan fingerprint density at radius 3 is 2.31 bits per heavy atom. The Morgan fingerprint density at radius 2 is 1.92 bits per heavy atom. The fraction of sp³-hybridized carbons (Fsp3) is 1.00. The first kappa shape index (κ1) is 11.0. The van der Waals surface area contributed by atoms with Gasteiger partial charge in [0.1, 0.15) is 0 Å². The topological polar surface area (TPSA) is 32.3 Å². The summed E-state index contributed by atoms with van der Waals surface area (Å²) < 4.78 is 0. The lowest BCUT2D eigenvalue weighted by molar-refractivity contribution is 0.113. The van der Waals surface area contributed by atoms with E-state index in [2.05, 4.69) is 19.2 Å². The van der Waals surface area contributed by atoms with Crippen LogP contribution in [0.4, 0.5) is 0 Å². The quantitative estimate of drug-likeness (QED) is 0.634. The number of nitrogens with one attached hydrogen (secondary N) is 1. The van der Waals surface area contributed by atoms with Crippen molar-refractivity contribution in [3.63, 3.8) is 0 Å². The molecule has 0 saturated heterocycles. The zero-order chi connectivity index (χ0) is 9.73. The molecule has 0 amide bonds. The molecule has 2 heteroatoms. The van der Waals surface area contributed by atoms with Crippen molar-refractivity contribution in [1.29, 1.82) is 0 Å². The minimum absolute atomic E-state index is 0.134. The predicted molar refractivity (Wildman–Crippen MR) is 55.7 cm³/mol. The van der Waals surface area contributed by atoms with Crippen LogP contribution < -0.4 is 5.32 Å². The van der Waals surface area contributed by atoms with Crippen LogP contribution in [0, 0.1) is 11.3 Å². The summed E-state index contributed by atoms with van der Waals surface area (Å²) >= 11 is 0. The lowest BCUT2D eigenvalue weighted by atomic mass is 9.83. The number of rotatable bonds is 7. The molecule has 0 aromatic rings. The molecule has 0 radical (unpaired) electrons. The molecule has 0 aromatic carbocycles. The van der Waals surface area contributed by atoms with E-state index in [1.165, 1.54) is 12.8 Å². The maximum absolute atomic E-state index is 9.32. The van der Waals surface area contributed by atoms with E-state index in [4.69, 9.17) is 0 Å². The predicted octanol–water partition coefficient (Wildman–Crippen LogP) is 1.78. The summed E-state index contributed by atoms with van der Waals surface area (Å²) in [6.45, 7) is 6.78. The molecule has 0 unspecified atom stereocenters. The van der Waals surface area contributed by atoms with Crippen LogP contribution in [0.25, 0.3) is 0 Å². The van der Waals surface area contributed by atoms with Crippen LogP contribution in [0.2, 0.25) is 0 Å². The smallest absolute Gasteiger partial charge is 0.0499 e. The summed E-state index contributed by atoms with van der Waals surface area (Å²) in [5.74, 6) is 0.935. The van der Waals surface area contributed by atoms with E-state index in [0.29, 0.717) is 6.61 Å². The monoisotopic (exact) mass is 185 g/mol. The molecule has 2 N–H and O–H groups in total. The van der Waals surface area contributed by atoms with Crippen LogP contribution in [-0.4, -0.2) is 24.8 Å². The second kappa shape index (κ2) is 4.97. The summed E-state index contributed by atoms with van der Waals surface area (Å²) in [4.78, 5) is 0. The van der Waals surface area contributed by atoms with Crippen molar-refractivity contribution in [3.8, 4) is 0 Å². The van der Waals surface area contributed by atoms with Crippen LogP contribution in [0.5, 0.6) is 0 Å². The highest BCUT2D eigenvalue weighted by Gasteiger charge is 2.26. The van der Waals surface area contributed by atoms with E-state index in [9.17, 15) is 5.11 Å². The second-order valence-corrected chi connectivity index (χ2v) is 4.44. The van der Waals surface area contributed by atoms with Crippen LogP contribution in [0.15, 0.2) is 0 Å². The number of hydrogen-bond donors (Lipinski definition) is 2. The lowest BCUT2D eigenvalue weighted by Crippen LogP contribution is -2.37. The average molecular weight is 185 g/mol. The molecule has 0 aliphatic heterocycles. The van der Waals surface area contributed by atoms with Crippen LogP contribution in [-0.2, 0) is 0 Å². The summed E-state index contributed by atoms with van der Waals surface area (Å²) in [6, 6.07) is 0. The Labute approximate surface area is 81.7 Å². The van der Waals surface area contributed by atoms with Gasteiger partial charge in [0.2, 0.25) is 0 Å². The van der Waals surface area contributed by atoms with Gasteiger partial charge in [-0.1, -0.05) is 13.8 Å². The highest BCUT2D eigenvalue weighted by molar-refractivity contribution is 4.81. The van der Waals surface area contributed by atoms with E-state index >= 15 is 0 Å². The molecule has 1 aliphatic rings. The third-order valence-electron chi connectivity index (χ3n) is 3.47. The summed E-state index contributed by atoms with van der Waals surface area (Å²) in [5, 5.41) is 12.8. The SMILES string of the molecule is CCC(CC)(CO)CNCC1CC1. The minimum Gasteiger partial charge on any atom is -0.396 e. The molecule has 78 valence electrons. The van der Waals surface area contributed by atoms with Gasteiger partial charge in [-0.05, 0) is 38.1 Å². The van der Waals surface area contributed by atoms with Gasteiger partial charge in [-0.25, -0.2) is 0 Å². The third-order valence-corrected chi connectivity index (χ3v) is 3.47. The first-order chi connectivity index (χ1) is 6.26. The van der Waals surface area contributed by atoms with Crippen molar-refractivity contribution in [3.05, 3.63) is 0 Å². The molecular weight excluding hydrogens is 162 g/mol. The van der Waals surface area contributed by atoms with E-state index in [-0.39, 0.29) is 5.41 Å². The van der Waals surface area contributed by atoms with E-state index in [1.54, 1.807) is 0 Å². The number of aliphatic hydroxyl groups excluding tert-OH is 1. The van der Waals surface area contributed by atoms with Crippen molar-refractivity contribution < 1.29 is 5.11 Å². The second-order valence-electron chi connectivity index (χ2n) is 4.44. The Morgan fingerprint density at radius 1 is 1.31 bits per heavy atom. The zero-order valence-electron chi connectivity index (χ0n) is 8.97. The highest BCUT2D eigenvalue weighted by atomic mass is 16.3. The molecule has 0 spiro atoms. The molecule has 0 heterocycles. The molecule has 1 fully saturated rings. The Kier molecular flexibility index (Phi) is 4.20. The maximum Gasteiger partial charge on any atom is 0.0499 e. The molecule has 1 saturated carbocycles. The van der Waals surface area contributed by atoms with Gasteiger partial charge in [-0.15, -0.1) is 0 Å². The van der Waals surface area contributed by atoms with Crippen molar-refractivity contribution in [1.82, 2.24) is 5.32 Å². The Bertz CT molecular complexity index is 131. The van der Waals surface area contributed by atoms with E-state index in [1.807, 2.05) is 0 Å². The average Bonchev–Trinajstić information content (AvgIpc) is 2.97. The largest absolute Gasteiger partial charge is 0.396 e. The maximum atomic E-state index is 9.32. The summed E-state index contributed by atoms with van der Waals surface area (Å²) in [6.07, 6.45) is 4.93. The number of aliphatic hydroxyl groups is 1. The van der Waals surface area contributed by atoms with Gasteiger partial charge in [0.05, 0.1) is 0 Å². The molecule has 0 aromatic heterocycles. The van der Waals surface area contributed by atoms with Crippen LogP contribution in [0.1, 0.15) is 39.5 Å². The first-order valence-corrected chi connectivity index (χ1v) is 5.58. The standard InChI is InChI=1S/C11H23NO/c1-3-11(4-2,9-13)8-12-7-10-5-6-10/h10,12-13H,3-9H2,1-2H3. The van der Waals surface area contributed by atoms with Gasteiger partial charge in [0.15, 0.2) is 0 Å².